The van der Waals surface area contributed by atoms with E-state index in [1.165, 1.54) is 0 Å². The molecule has 1 aliphatic heterocycles. The molecule has 0 spiro atoms. The Hall–Kier alpha value is -1.56. The van der Waals surface area contributed by atoms with Crippen LogP contribution in [-0.2, 0) is 9.53 Å². The molecule has 3 heteroatoms. The zero-order valence-electron chi connectivity index (χ0n) is 9.78. The number of carbonyl (C=O) groups excluding carboxylic acids is 1. The Morgan fingerprint density at radius 2 is 2.19 bits per heavy atom. The van der Waals surface area contributed by atoms with E-state index in [2.05, 4.69) is 0 Å². The van der Waals surface area contributed by atoms with Gasteiger partial charge in [-0.1, -0.05) is 13.0 Å². The van der Waals surface area contributed by atoms with Crippen LogP contribution in [0.3, 0.4) is 0 Å². The number of nitrogens with zero attached hydrogens (tertiary/aromatic N) is 1. The Kier molecular flexibility index (Phi) is 2.20. The molecule has 0 aromatic carbocycles. The SMILES string of the molecule is CC12C=C(C#N)C(=O)C(C)(C)C1OC=CC2. The molecular weight excluding hydrogens is 202 g/mol. The van der Waals surface area contributed by atoms with E-state index < -0.39 is 5.41 Å². The normalized spacial score (nSPS) is 35.8. The van der Waals surface area contributed by atoms with E-state index in [-0.39, 0.29) is 22.9 Å². The molecule has 3 nitrogen and oxygen atoms in total. The first kappa shape index (κ1) is 10.9. The van der Waals surface area contributed by atoms with E-state index >= 15 is 0 Å². The molecule has 1 aliphatic carbocycles. The van der Waals surface area contributed by atoms with Gasteiger partial charge in [0.25, 0.3) is 0 Å². The fraction of sp³-hybridized carbons (Fsp3) is 0.538. The summed E-state index contributed by atoms with van der Waals surface area (Å²) in [5, 5.41) is 9.00. The number of nitriles is 1. The van der Waals surface area contributed by atoms with Gasteiger partial charge in [0.2, 0.25) is 0 Å². The van der Waals surface area contributed by atoms with Gasteiger partial charge in [0.15, 0.2) is 5.78 Å². The summed E-state index contributed by atoms with van der Waals surface area (Å²) in [4.78, 5) is 12.1. The third kappa shape index (κ3) is 1.30. The van der Waals surface area contributed by atoms with Crippen molar-refractivity contribution in [3.05, 3.63) is 24.0 Å². The molecule has 1 heterocycles. The minimum absolute atomic E-state index is 0.118. The Labute approximate surface area is 95.4 Å². The van der Waals surface area contributed by atoms with Crippen molar-refractivity contribution >= 4 is 5.78 Å². The molecule has 0 aromatic rings. The highest BCUT2D eigenvalue weighted by atomic mass is 16.5. The van der Waals surface area contributed by atoms with Crippen LogP contribution >= 0.6 is 0 Å². The lowest BCUT2D eigenvalue weighted by Crippen LogP contribution is -2.52. The summed E-state index contributed by atoms with van der Waals surface area (Å²) < 4.78 is 5.61. The molecule has 0 amide bonds. The average Bonchev–Trinajstić information content (AvgIpc) is 2.24. The molecule has 2 atom stereocenters. The molecule has 0 aromatic heterocycles. The van der Waals surface area contributed by atoms with Crippen molar-refractivity contribution in [3.8, 4) is 6.07 Å². The lowest BCUT2D eigenvalue weighted by molar-refractivity contribution is -0.137. The second-order valence-electron chi connectivity index (χ2n) is 5.32. The van der Waals surface area contributed by atoms with Gasteiger partial charge >= 0.3 is 0 Å². The minimum atomic E-state index is -0.640. The Morgan fingerprint density at radius 3 is 2.81 bits per heavy atom. The summed E-state index contributed by atoms with van der Waals surface area (Å²) in [6, 6.07) is 2.00. The maximum atomic E-state index is 12.1. The molecule has 0 saturated carbocycles. The number of carbonyl (C=O) groups is 1. The average molecular weight is 217 g/mol. The molecular formula is C13H15NO2. The fourth-order valence-corrected chi connectivity index (χ4v) is 2.77. The van der Waals surface area contributed by atoms with E-state index in [0.717, 1.165) is 6.42 Å². The predicted octanol–water partition coefficient (Wildman–Crippen LogP) is 2.35. The summed E-state index contributed by atoms with van der Waals surface area (Å²) in [6.45, 7) is 5.73. The van der Waals surface area contributed by atoms with Gasteiger partial charge in [-0.3, -0.25) is 4.79 Å². The van der Waals surface area contributed by atoms with Crippen LogP contribution in [0.1, 0.15) is 27.2 Å². The van der Waals surface area contributed by atoms with Gasteiger partial charge in [-0.25, -0.2) is 0 Å². The highest BCUT2D eigenvalue weighted by Gasteiger charge is 2.53. The first-order valence-corrected chi connectivity index (χ1v) is 5.40. The van der Waals surface area contributed by atoms with Gasteiger partial charge in [-0.2, -0.15) is 5.26 Å². The third-order valence-electron chi connectivity index (χ3n) is 3.55. The number of ether oxygens (including phenoxy) is 1. The zero-order chi connectivity index (χ0) is 12.0. The first-order chi connectivity index (χ1) is 7.42. The highest BCUT2D eigenvalue weighted by molar-refractivity contribution is 6.04. The second-order valence-corrected chi connectivity index (χ2v) is 5.32. The third-order valence-corrected chi connectivity index (χ3v) is 3.55. The first-order valence-electron chi connectivity index (χ1n) is 5.40. The van der Waals surface area contributed by atoms with Gasteiger partial charge in [0, 0.05) is 5.41 Å². The van der Waals surface area contributed by atoms with Crippen molar-refractivity contribution in [1.29, 1.82) is 5.26 Å². The molecule has 2 rings (SSSR count). The standard InChI is InChI=1S/C13H15NO2/c1-12(2)10(15)9(8-14)7-13(3)5-4-6-16-11(12)13/h4,6-7,11H,5H2,1-3H3. The van der Waals surface area contributed by atoms with Crippen LogP contribution in [0.15, 0.2) is 24.0 Å². The lowest BCUT2D eigenvalue weighted by Gasteiger charge is -2.47. The Morgan fingerprint density at radius 1 is 1.50 bits per heavy atom. The summed E-state index contributed by atoms with van der Waals surface area (Å²) in [7, 11) is 0. The van der Waals surface area contributed by atoms with Crippen LogP contribution < -0.4 is 0 Å². The number of allylic oxidation sites excluding steroid dienone is 2. The zero-order valence-corrected chi connectivity index (χ0v) is 9.78. The summed E-state index contributed by atoms with van der Waals surface area (Å²) in [5.74, 6) is -0.118. The van der Waals surface area contributed by atoms with Gasteiger partial charge in [-0.15, -0.1) is 0 Å². The van der Waals surface area contributed by atoms with Gasteiger partial charge in [0.05, 0.1) is 17.3 Å². The fourth-order valence-electron chi connectivity index (χ4n) is 2.77. The Bertz CT molecular complexity index is 439. The smallest absolute Gasteiger partial charge is 0.182 e. The van der Waals surface area contributed by atoms with Crippen molar-refractivity contribution in [1.82, 2.24) is 0 Å². The molecule has 0 radical (unpaired) electrons. The summed E-state index contributed by atoms with van der Waals surface area (Å²) in [5.41, 5.74) is -0.626. The van der Waals surface area contributed by atoms with Crippen LogP contribution in [-0.4, -0.2) is 11.9 Å². The molecule has 16 heavy (non-hydrogen) atoms. The molecule has 2 unspecified atom stereocenters. The number of hydrogen-bond acceptors (Lipinski definition) is 3. The molecule has 84 valence electrons. The van der Waals surface area contributed by atoms with E-state index in [9.17, 15) is 4.79 Å². The number of Topliss-reactive ketones (excluding diaryl/α,β-unsaturated/α-hetero) is 1. The van der Waals surface area contributed by atoms with E-state index in [4.69, 9.17) is 10.00 Å². The predicted molar refractivity (Wildman–Crippen MR) is 59.2 cm³/mol. The molecule has 2 aliphatic rings. The summed E-state index contributed by atoms with van der Waals surface area (Å²) in [6.07, 6.45) is 5.99. The quantitative estimate of drug-likeness (QED) is 0.625. The van der Waals surface area contributed by atoms with Gasteiger partial charge in [-0.05, 0) is 26.3 Å². The molecule has 0 bridgehead atoms. The maximum absolute atomic E-state index is 12.1. The van der Waals surface area contributed by atoms with Crippen molar-refractivity contribution in [2.45, 2.75) is 33.3 Å². The number of fused-ring (bicyclic) bond motifs is 1. The van der Waals surface area contributed by atoms with Gasteiger partial charge < -0.3 is 4.74 Å². The largest absolute Gasteiger partial charge is 0.496 e. The number of rotatable bonds is 0. The molecule has 0 N–H and O–H groups in total. The monoisotopic (exact) mass is 217 g/mol. The van der Waals surface area contributed by atoms with Gasteiger partial charge in [0.1, 0.15) is 12.2 Å². The van der Waals surface area contributed by atoms with Crippen LogP contribution in [0, 0.1) is 22.2 Å². The molecule has 0 saturated heterocycles. The highest BCUT2D eigenvalue weighted by Crippen LogP contribution is 2.48. The van der Waals surface area contributed by atoms with E-state index in [1.54, 1.807) is 12.3 Å². The van der Waals surface area contributed by atoms with Crippen LogP contribution in [0.5, 0.6) is 0 Å². The van der Waals surface area contributed by atoms with Crippen LogP contribution in [0.25, 0.3) is 0 Å². The maximum Gasteiger partial charge on any atom is 0.182 e. The lowest BCUT2D eigenvalue weighted by atomic mass is 9.61. The second kappa shape index (κ2) is 3.21. The minimum Gasteiger partial charge on any atom is -0.496 e. The van der Waals surface area contributed by atoms with Crippen molar-refractivity contribution in [3.63, 3.8) is 0 Å². The van der Waals surface area contributed by atoms with E-state index in [1.807, 2.05) is 32.9 Å². The number of ketones is 1. The van der Waals surface area contributed by atoms with Crippen molar-refractivity contribution < 1.29 is 9.53 Å². The van der Waals surface area contributed by atoms with Crippen molar-refractivity contribution in [2.75, 3.05) is 0 Å². The van der Waals surface area contributed by atoms with Crippen LogP contribution in [0.4, 0.5) is 0 Å². The Balaban J connectivity index is 2.58. The molecule has 0 fully saturated rings. The van der Waals surface area contributed by atoms with Crippen LogP contribution in [0.2, 0.25) is 0 Å². The van der Waals surface area contributed by atoms with Crippen molar-refractivity contribution in [2.24, 2.45) is 10.8 Å². The van der Waals surface area contributed by atoms with E-state index in [0.29, 0.717) is 0 Å². The summed E-state index contributed by atoms with van der Waals surface area (Å²) >= 11 is 0. The topological polar surface area (TPSA) is 50.1 Å². The number of hydrogen-bond donors (Lipinski definition) is 0.